The van der Waals surface area contributed by atoms with E-state index >= 15 is 0 Å². The van der Waals surface area contributed by atoms with Gasteiger partial charge >= 0.3 is 0 Å². The van der Waals surface area contributed by atoms with E-state index in [0.29, 0.717) is 19.1 Å². The molecule has 2 rings (SSSR count). The van der Waals surface area contributed by atoms with E-state index in [-0.39, 0.29) is 5.91 Å². The summed E-state index contributed by atoms with van der Waals surface area (Å²) < 4.78 is 5.58. The maximum atomic E-state index is 11.8. The molecule has 0 aliphatic carbocycles. The van der Waals surface area contributed by atoms with Crippen molar-refractivity contribution in [3.05, 3.63) is 35.4 Å². The minimum atomic E-state index is 0.118. The van der Waals surface area contributed by atoms with Gasteiger partial charge in [-0.15, -0.1) is 0 Å². The molecule has 0 bridgehead atoms. The van der Waals surface area contributed by atoms with Crippen LogP contribution in [0, 0.1) is 0 Å². The van der Waals surface area contributed by atoms with Crippen LogP contribution >= 0.6 is 0 Å². The van der Waals surface area contributed by atoms with Gasteiger partial charge in [0.25, 0.3) is 0 Å². The number of hydrogen-bond acceptors (Lipinski definition) is 4. The third-order valence-corrected chi connectivity index (χ3v) is 4.04. The molecule has 23 heavy (non-hydrogen) atoms. The Morgan fingerprint density at radius 2 is 2.22 bits per heavy atom. The van der Waals surface area contributed by atoms with E-state index in [1.54, 1.807) is 0 Å². The van der Waals surface area contributed by atoms with Gasteiger partial charge in [0.05, 0.1) is 12.7 Å². The van der Waals surface area contributed by atoms with Crippen molar-refractivity contribution in [2.24, 2.45) is 0 Å². The summed E-state index contributed by atoms with van der Waals surface area (Å²) in [6.45, 7) is 7.31. The predicted octanol–water partition coefficient (Wildman–Crippen LogP) is 1.52. The summed E-state index contributed by atoms with van der Waals surface area (Å²) >= 11 is 0. The number of ether oxygens (including phenoxy) is 1. The van der Waals surface area contributed by atoms with E-state index in [2.05, 4.69) is 46.7 Å². The van der Waals surface area contributed by atoms with Crippen LogP contribution in [0.5, 0.6) is 0 Å². The molecule has 1 fully saturated rings. The fourth-order valence-corrected chi connectivity index (χ4v) is 2.85. The Bertz CT molecular complexity index is 493. The van der Waals surface area contributed by atoms with Crippen molar-refractivity contribution < 1.29 is 9.53 Å². The summed E-state index contributed by atoms with van der Waals surface area (Å²) in [7, 11) is 1.90. The highest BCUT2D eigenvalue weighted by atomic mass is 16.5. The lowest BCUT2D eigenvalue weighted by Gasteiger charge is -2.31. The molecule has 1 aromatic rings. The molecule has 1 saturated heterocycles. The number of benzene rings is 1. The van der Waals surface area contributed by atoms with Crippen molar-refractivity contribution in [2.45, 2.75) is 39.0 Å². The standard InChI is InChI=1S/C18H29N3O2/c1-15-13-21(9-10-23-15)14-17-6-3-5-16(11-17)12-20-18(22)7-4-8-19-2/h3,5-6,11,15,19H,4,7-10,12-14H2,1-2H3,(H,20,22). The summed E-state index contributed by atoms with van der Waals surface area (Å²) in [5, 5.41) is 6.05. The summed E-state index contributed by atoms with van der Waals surface area (Å²) in [5.74, 6) is 0.118. The number of hydrogen-bond donors (Lipinski definition) is 2. The van der Waals surface area contributed by atoms with Gasteiger partial charge in [-0.2, -0.15) is 0 Å². The van der Waals surface area contributed by atoms with Gasteiger partial charge in [-0.25, -0.2) is 0 Å². The summed E-state index contributed by atoms with van der Waals surface area (Å²) in [5.41, 5.74) is 2.45. The minimum absolute atomic E-state index is 0.118. The van der Waals surface area contributed by atoms with Crippen LogP contribution in [0.15, 0.2) is 24.3 Å². The third kappa shape index (κ3) is 6.69. The zero-order chi connectivity index (χ0) is 16.5. The van der Waals surface area contributed by atoms with Gasteiger partial charge in [-0.3, -0.25) is 9.69 Å². The molecule has 0 radical (unpaired) electrons. The predicted molar refractivity (Wildman–Crippen MR) is 92.1 cm³/mol. The Labute approximate surface area is 139 Å². The number of nitrogens with zero attached hydrogens (tertiary/aromatic N) is 1. The molecule has 1 aliphatic rings. The highest BCUT2D eigenvalue weighted by Gasteiger charge is 2.16. The van der Waals surface area contributed by atoms with E-state index in [9.17, 15) is 4.79 Å². The first-order valence-corrected chi connectivity index (χ1v) is 8.50. The number of carbonyl (C=O) groups is 1. The molecule has 1 aromatic carbocycles. The number of amides is 1. The first-order valence-electron chi connectivity index (χ1n) is 8.50. The molecule has 0 aromatic heterocycles. The molecule has 128 valence electrons. The molecule has 1 aliphatic heterocycles. The van der Waals surface area contributed by atoms with Gasteiger partial charge in [0.1, 0.15) is 0 Å². The van der Waals surface area contributed by atoms with E-state index < -0.39 is 0 Å². The SMILES string of the molecule is CNCCCC(=O)NCc1cccc(CN2CCOC(C)C2)c1. The average molecular weight is 319 g/mol. The van der Waals surface area contributed by atoms with Crippen LogP contribution in [0.25, 0.3) is 0 Å². The number of carbonyl (C=O) groups excluding carboxylic acids is 1. The summed E-state index contributed by atoms with van der Waals surface area (Å²) in [6, 6.07) is 8.48. The molecular weight excluding hydrogens is 290 g/mol. The molecule has 0 spiro atoms. The molecule has 1 heterocycles. The van der Waals surface area contributed by atoms with Crippen molar-refractivity contribution in [3.8, 4) is 0 Å². The van der Waals surface area contributed by atoms with E-state index in [1.807, 2.05) is 7.05 Å². The first-order chi connectivity index (χ1) is 11.2. The Hall–Kier alpha value is -1.43. The lowest BCUT2D eigenvalue weighted by molar-refractivity contribution is -0.121. The monoisotopic (exact) mass is 319 g/mol. The maximum absolute atomic E-state index is 11.8. The zero-order valence-corrected chi connectivity index (χ0v) is 14.3. The lowest BCUT2D eigenvalue weighted by atomic mass is 10.1. The van der Waals surface area contributed by atoms with Crippen LogP contribution in [0.4, 0.5) is 0 Å². The van der Waals surface area contributed by atoms with Crippen molar-refractivity contribution in [3.63, 3.8) is 0 Å². The van der Waals surface area contributed by atoms with Crippen LogP contribution in [0.1, 0.15) is 30.9 Å². The van der Waals surface area contributed by atoms with Crippen LogP contribution in [0.3, 0.4) is 0 Å². The number of morpholine rings is 1. The Morgan fingerprint density at radius 1 is 1.39 bits per heavy atom. The Balaban J connectivity index is 1.78. The van der Waals surface area contributed by atoms with Crippen molar-refractivity contribution in [2.75, 3.05) is 33.3 Å². The first kappa shape index (κ1) is 17.9. The normalized spacial score (nSPS) is 18.8. The van der Waals surface area contributed by atoms with Gasteiger partial charge in [0.15, 0.2) is 0 Å². The van der Waals surface area contributed by atoms with Gasteiger partial charge in [0.2, 0.25) is 5.91 Å². The van der Waals surface area contributed by atoms with Gasteiger partial charge < -0.3 is 15.4 Å². The van der Waals surface area contributed by atoms with Crippen LogP contribution < -0.4 is 10.6 Å². The van der Waals surface area contributed by atoms with Gasteiger partial charge in [-0.1, -0.05) is 24.3 Å². The maximum Gasteiger partial charge on any atom is 0.220 e. The summed E-state index contributed by atoms with van der Waals surface area (Å²) in [6.07, 6.45) is 1.76. The lowest BCUT2D eigenvalue weighted by Crippen LogP contribution is -2.40. The highest BCUT2D eigenvalue weighted by molar-refractivity contribution is 5.75. The number of nitrogens with one attached hydrogen (secondary N) is 2. The molecular formula is C18H29N3O2. The molecule has 1 atom stereocenters. The molecule has 1 unspecified atom stereocenters. The zero-order valence-electron chi connectivity index (χ0n) is 14.3. The molecule has 2 N–H and O–H groups in total. The topological polar surface area (TPSA) is 53.6 Å². The average Bonchev–Trinajstić information content (AvgIpc) is 2.54. The van der Waals surface area contributed by atoms with Gasteiger partial charge in [-0.05, 0) is 38.1 Å². The van der Waals surface area contributed by atoms with Crippen molar-refractivity contribution >= 4 is 5.91 Å². The fraction of sp³-hybridized carbons (Fsp3) is 0.611. The van der Waals surface area contributed by atoms with Gasteiger partial charge in [0, 0.05) is 32.6 Å². The molecule has 0 saturated carbocycles. The second-order valence-electron chi connectivity index (χ2n) is 6.22. The minimum Gasteiger partial charge on any atom is -0.376 e. The molecule has 5 heteroatoms. The molecule has 1 amide bonds. The smallest absolute Gasteiger partial charge is 0.220 e. The van der Waals surface area contributed by atoms with Crippen molar-refractivity contribution in [1.29, 1.82) is 0 Å². The van der Waals surface area contributed by atoms with Crippen LogP contribution in [-0.4, -0.2) is 50.2 Å². The van der Waals surface area contributed by atoms with Crippen molar-refractivity contribution in [1.82, 2.24) is 15.5 Å². The second kappa shape index (κ2) is 9.65. The largest absolute Gasteiger partial charge is 0.376 e. The molecule has 5 nitrogen and oxygen atoms in total. The van der Waals surface area contributed by atoms with E-state index in [1.165, 1.54) is 5.56 Å². The highest BCUT2D eigenvalue weighted by Crippen LogP contribution is 2.12. The van der Waals surface area contributed by atoms with Crippen LogP contribution in [-0.2, 0) is 22.6 Å². The fourth-order valence-electron chi connectivity index (χ4n) is 2.85. The third-order valence-electron chi connectivity index (χ3n) is 4.04. The quantitative estimate of drug-likeness (QED) is 0.714. The summed E-state index contributed by atoms with van der Waals surface area (Å²) in [4.78, 5) is 14.2. The number of rotatable bonds is 8. The van der Waals surface area contributed by atoms with E-state index in [0.717, 1.165) is 44.8 Å². The Morgan fingerprint density at radius 3 is 3.00 bits per heavy atom. The second-order valence-corrected chi connectivity index (χ2v) is 6.22. The van der Waals surface area contributed by atoms with Crippen LogP contribution in [0.2, 0.25) is 0 Å². The van der Waals surface area contributed by atoms with E-state index in [4.69, 9.17) is 4.74 Å². The Kier molecular flexibility index (Phi) is 7.52.